The lowest BCUT2D eigenvalue weighted by atomic mass is 9.68. The number of halogens is 2. The van der Waals surface area contributed by atoms with E-state index in [0.717, 1.165) is 31.2 Å². The number of amides is 1. The van der Waals surface area contributed by atoms with Crippen molar-refractivity contribution in [2.75, 3.05) is 12.8 Å². The Bertz CT molecular complexity index is 1000. The number of rotatable bonds is 6. The summed E-state index contributed by atoms with van der Waals surface area (Å²) in [5.41, 5.74) is 8.18. The minimum atomic E-state index is -3.23. The van der Waals surface area contributed by atoms with E-state index in [0.29, 0.717) is 18.1 Å². The third kappa shape index (κ3) is 6.01. The van der Waals surface area contributed by atoms with Gasteiger partial charge in [0.2, 0.25) is 5.91 Å². The molecule has 5 nitrogen and oxygen atoms in total. The molecule has 1 saturated carbocycles. The Balaban J connectivity index is 0.00000341. The van der Waals surface area contributed by atoms with Gasteiger partial charge in [-0.2, -0.15) is 0 Å². The highest BCUT2D eigenvalue weighted by molar-refractivity contribution is 7.90. The van der Waals surface area contributed by atoms with Crippen LogP contribution in [-0.2, 0) is 26.6 Å². The van der Waals surface area contributed by atoms with Crippen LogP contribution in [0.2, 0.25) is 5.02 Å². The topological polar surface area (TPSA) is 80.5 Å². The molecule has 1 aliphatic rings. The van der Waals surface area contributed by atoms with Crippen molar-refractivity contribution in [1.82, 2.24) is 4.90 Å². The zero-order valence-electron chi connectivity index (χ0n) is 17.9. The van der Waals surface area contributed by atoms with Gasteiger partial charge in [0.15, 0.2) is 9.84 Å². The van der Waals surface area contributed by atoms with Gasteiger partial charge < -0.3 is 10.6 Å². The smallest absolute Gasteiger partial charge is 0.219 e. The van der Waals surface area contributed by atoms with Gasteiger partial charge in [0, 0.05) is 42.7 Å². The fourth-order valence-electron chi connectivity index (χ4n) is 4.43. The summed E-state index contributed by atoms with van der Waals surface area (Å²) >= 11 is 6.20. The fraction of sp³-hybridized carbons (Fsp3) is 0.435. The first-order valence-corrected chi connectivity index (χ1v) is 12.4. The predicted molar refractivity (Wildman–Crippen MR) is 127 cm³/mol. The Kier molecular flexibility index (Phi) is 8.56. The predicted octanol–water partition coefficient (Wildman–Crippen LogP) is 4.35. The van der Waals surface area contributed by atoms with Crippen molar-refractivity contribution < 1.29 is 13.2 Å². The van der Waals surface area contributed by atoms with Gasteiger partial charge in [0.25, 0.3) is 0 Å². The van der Waals surface area contributed by atoms with Crippen LogP contribution in [-0.4, -0.2) is 38.1 Å². The van der Waals surface area contributed by atoms with E-state index >= 15 is 0 Å². The molecule has 0 heterocycles. The molecular formula is C23H30Cl2N2O3S. The number of benzene rings is 2. The van der Waals surface area contributed by atoms with Crippen LogP contribution in [0.25, 0.3) is 0 Å². The van der Waals surface area contributed by atoms with E-state index in [1.54, 1.807) is 31.2 Å². The lowest BCUT2D eigenvalue weighted by molar-refractivity contribution is -0.132. The maximum atomic E-state index is 12.4. The van der Waals surface area contributed by atoms with Crippen LogP contribution in [0.15, 0.2) is 53.4 Å². The average Bonchev–Trinajstić information content (AvgIpc) is 2.72. The zero-order valence-corrected chi connectivity index (χ0v) is 20.3. The molecular weight excluding hydrogens is 455 g/mol. The molecule has 8 heteroatoms. The van der Waals surface area contributed by atoms with Gasteiger partial charge in [-0.3, -0.25) is 4.79 Å². The minimum Gasteiger partial charge on any atom is -0.336 e. The molecule has 3 rings (SSSR count). The highest BCUT2D eigenvalue weighted by Crippen LogP contribution is 2.41. The monoisotopic (exact) mass is 484 g/mol. The maximum Gasteiger partial charge on any atom is 0.219 e. The van der Waals surface area contributed by atoms with E-state index in [9.17, 15) is 13.2 Å². The van der Waals surface area contributed by atoms with E-state index in [4.69, 9.17) is 17.3 Å². The number of nitrogens with two attached hydrogens (primary N) is 1. The molecule has 0 unspecified atom stereocenters. The maximum absolute atomic E-state index is 12.4. The first-order valence-electron chi connectivity index (χ1n) is 10.2. The minimum absolute atomic E-state index is 0. The Hall–Kier alpha value is -1.60. The van der Waals surface area contributed by atoms with Crippen molar-refractivity contribution in [3.8, 4) is 0 Å². The molecule has 2 N–H and O–H groups in total. The van der Waals surface area contributed by atoms with Gasteiger partial charge in [-0.05, 0) is 61.1 Å². The Morgan fingerprint density at radius 2 is 1.77 bits per heavy atom. The second-order valence-corrected chi connectivity index (χ2v) is 10.7. The van der Waals surface area contributed by atoms with E-state index in [1.807, 2.05) is 23.1 Å². The summed E-state index contributed by atoms with van der Waals surface area (Å²) in [6, 6.07) is 14.8. The quantitative estimate of drug-likeness (QED) is 0.660. The molecule has 2 aromatic carbocycles. The first-order chi connectivity index (χ1) is 14.1. The molecule has 170 valence electrons. The number of hydrogen-bond donors (Lipinski definition) is 1. The van der Waals surface area contributed by atoms with Crippen LogP contribution in [0.5, 0.6) is 0 Å². The molecule has 0 saturated heterocycles. The van der Waals surface area contributed by atoms with Crippen LogP contribution >= 0.6 is 24.0 Å². The molecule has 0 aliphatic heterocycles. The van der Waals surface area contributed by atoms with Gasteiger partial charge in [-0.15, -0.1) is 12.4 Å². The number of sulfone groups is 1. The summed E-state index contributed by atoms with van der Waals surface area (Å²) in [6.45, 7) is 2.61. The molecule has 1 aliphatic carbocycles. The van der Waals surface area contributed by atoms with Gasteiger partial charge in [-0.25, -0.2) is 8.42 Å². The summed E-state index contributed by atoms with van der Waals surface area (Å²) in [6.07, 6.45) is 4.71. The molecule has 0 bridgehead atoms. The van der Waals surface area contributed by atoms with E-state index in [1.165, 1.54) is 11.8 Å². The molecule has 1 fully saturated rings. The van der Waals surface area contributed by atoms with Crippen LogP contribution in [0.3, 0.4) is 0 Å². The fourth-order valence-corrected chi connectivity index (χ4v) is 5.25. The molecule has 0 atom stereocenters. The normalized spacial score (nSPS) is 21.2. The van der Waals surface area contributed by atoms with Crippen molar-refractivity contribution in [3.05, 3.63) is 64.7 Å². The summed E-state index contributed by atoms with van der Waals surface area (Å²) in [7, 11) is -3.23. The number of carbonyl (C=O) groups is 1. The van der Waals surface area contributed by atoms with E-state index in [-0.39, 0.29) is 34.7 Å². The van der Waals surface area contributed by atoms with Gasteiger partial charge in [0.05, 0.1) is 4.90 Å². The van der Waals surface area contributed by atoms with E-state index < -0.39 is 9.84 Å². The van der Waals surface area contributed by atoms with E-state index in [2.05, 4.69) is 6.07 Å². The largest absolute Gasteiger partial charge is 0.336 e. The Morgan fingerprint density at radius 1 is 1.16 bits per heavy atom. The molecule has 0 spiro atoms. The summed E-state index contributed by atoms with van der Waals surface area (Å²) < 4.78 is 23.3. The average molecular weight is 485 g/mol. The summed E-state index contributed by atoms with van der Waals surface area (Å²) in [5.74, 6) is 0.0233. The lowest BCUT2D eigenvalue weighted by Gasteiger charge is -2.43. The number of hydrogen-bond acceptors (Lipinski definition) is 4. The van der Waals surface area contributed by atoms with Gasteiger partial charge >= 0.3 is 0 Å². The standard InChI is InChI=1S/C23H29ClN2O3S.ClH/c1-17(27)26(15-18-6-8-22(9-7-18)30(2,28)29)21-10-12-23(16-25,13-11-21)19-4-3-5-20(24)14-19;/h3-9,14,21H,10-13,15-16,25H2,1-2H3;1H. The van der Waals surface area contributed by atoms with Gasteiger partial charge in [0.1, 0.15) is 0 Å². The first kappa shape index (κ1) is 25.7. The van der Waals surface area contributed by atoms with Crippen molar-refractivity contribution in [3.63, 3.8) is 0 Å². The van der Waals surface area contributed by atoms with Crippen LogP contribution in [0, 0.1) is 0 Å². The van der Waals surface area contributed by atoms with Crippen LogP contribution < -0.4 is 5.73 Å². The SMILES string of the molecule is CC(=O)N(Cc1ccc(S(C)(=O)=O)cc1)C1CCC(CN)(c2cccc(Cl)c2)CC1.Cl. The molecule has 2 aromatic rings. The zero-order chi connectivity index (χ0) is 21.9. The van der Waals surface area contributed by atoms with Crippen LogP contribution in [0.4, 0.5) is 0 Å². The molecule has 1 amide bonds. The Labute approximate surface area is 196 Å². The molecule has 0 aromatic heterocycles. The van der Waals surface area contributed by atoms with Gasteiger partial charge in [-0.1, -0.05) is 35.9 Å². The summed E-state index contributed by atoms with van der Waals surface area (Å²) in [4.78, 5) is 14.6. The highest BCUT2D eigenvalue weighted by atomic mass is 35.5. The Morgan fingerprint density at radius 3 is 2.26 bits per heavy atom. The van der Waals surface area contributed by atoms with Crippen molar-refractivity contribution in [2.24, 2.45) is 5.73 Å². The third-order valence-electron chi connectivity index (χ3n) is 6.29. The van der Waals surface area contributed by atoms with Crippen molar-refractivity contribution in [1.29, 1.82) is 0 Å². The second kappa shape index (κ2) is 10.3. The molecule has 31 heavy (non-hydrogen) atoms. The van der Waals surface area contributed by atoms with Crippen molar-refractivity contribution >= 4 is 39.8 Å². The lowest BCUT2D eigenvalue weighted by Crippen LogP contribution is -2.46. The van der Waals surface area contributed by atoms with Crippen molar-refractivity contribution in [2.45, 2.75) is 55.5 Å². The molecule has 0 radical (unpaired) electrons. The highest BCUT2D eigenvalue weighted by Gasteiger charge is 2.38. The third-order valence-corrected chi connectivity index (χ3v) is 7.65. The summed E-state index contributed by atoms with van der Waals surface area (Å²) in [5, 5.41) is 0.713. The number of carbonyl (C=O) groups excluding carboxylic acids is 1. The van der Waals surface area contributed by atoms with Crippen LogP contribution in [0.1, 0.15) is 43.7 Å². The second-order valence-electron chi connectivity index (χ2n) is 8.29. The number of nitrogens with zero attached hydrogens (tertiary/aromatic N) is 1.